The number of likely N-dealkylation sites (N-methyl/N-ethyl adjacent to an activating group) is 1. The van der Waals surface area contributed by atoms with Gasteiger partial charge in [0.15, 0.2) is 11.5 Å². The standard InChI is InChI=1S/C20H30N2O5/c1-5-21(13-19(23)24)16-8-10-22(11-9-16)20(25)15-6-7-17(27-14(2)3)18(12-15)26-4/h6-7,12,14,16H,5,8-11,13H2,1-4H3,(H,23,24). The second kappa shape index (κ2) is 9.60. The molecule has 27 heavy (non-hydrogen) atoms. The second-order valence-corrected chi connectivity index (χ2v) is 7.01. The highest BCUT2D eigenvalue weighted by atomic mass is 16.5. The van der Waals surface area contributed by atoms with E-state index in [1.807, 2.05) is 30.6 Å². The Hall–Kier alpha value is -2.28. The van der Waals surface area contributed by atoms with Gasteiger partial charge in [0, 0.05) is 24.7 Å². The van der Waals surface area contributed by atoms with Gasteiger partial charge in [-0.1, -0.05) is 6.92 Å². The Kier molecular flexibility index (Phi) is 7.47. The summed E-state index contributed by atoms with van der Waals surface area (Å²) in [5.41, 5.74) is 0.569. The molecule has 0 saturated carbocycles. The second-order valence-electron chi connectivity index (χ2n) is 7.01. The van der Waals surface area contributed by atoms with Crippen molar-refractivity contribution < 1.29 is 24.2 Å². The van der Waals surface area contributed by atoms with Gasteiger partial charge in [0.25, 0.3) is 5.91 Å². The number of amides is 1. The molecular weight excluding hydrogens is 348 g/mol. The highest BCUT2D eigenvalue weighted by Gasteiger charge is 2.28. The van der Waals surface area contributed by atoms with Crippen molar-refractivity contribution in [2.24, 2.45) is 0 Å². The zero-order chi connectivity index (χ0) is 20.0. The van der Waals surface area contributed by atoms with Crippen molar-refractivity contribution >= 4 is 11.9 Å². The van der Waals surface area contributed by atoms with E-state index in [2.05, 4.69) is 0 Å². The normalized spacial score (nSPS) is 15.3. The third-order valence-corrected chi connectivity index (χ3v) is 4.79. The van der Waals surface area contributed by atoms with Crippen LogP contribution in [0.1, 0.15) is 44.0 Å². The van der Waals surface area contributed by atoms with Crippen molar-refractivity contribution in [3.05, 3.63) is 23.8 Å². The number of hydrogen-bond donors (Lipinski definition) is 1. The van der Waals surface area contributed by atoms with E-state index in [4.69, 9.17) is 14.6 Å². The number of carboxylic acid groups (broad SMARTS) is 1. The van der Waals surface area contributed by atoms with E-state index < -0.39 is 5.97 Å². The van der Waals surface area contributed by atoms with Crippen LogP contribution in [0.4, 0.5) is 0 Å². The largest absolute Gasteiger partial charge is 0.493 e. The van der Waals surface area contributed by atoms with Crippen LogP contribution in [0.15, 0.2) is 18.2 Å². The van der Waals surface area contributed by atoms with Gasteiger partial charge in [0.1, 0.15) is 0 Å². The number of piperidine rings is 1. The van der Waals surface area contributed by atoms with Gasteiger partial charge in [-0.3, -0.25) is 14.5 Å². The lowest BCUT2D eigenvalue weighted by atomic mass is 10.0. The molecule has 1 aliphatic heterocycles. The van der Waals surface area contributed by atoms with E-state index in [1.165, 1.54) is 0 Å². The summed E-state index contributed by atoms with van der Waals surface area (Å²) >= 11 is 0. The van der Waals surface area contributed by atoms with Gasteiger partial charge >= 0.3 is 5.97 Å². The fraction of sp³-hybridized carbons (Fsp3) is 0.600. The van der Waals surface area contributed by atoms with Crippen LogP contribution < -0.4 is 9.47 Å². The molecule has 0 atom stereocenters. The maximum Gasteiger partial charge on any atom is 0.317 e. The Morgan fingerprint density at radius 1 is 1.26 bits per heavy atom. The van der Waals surface area contributed by atoms with Gasteiger partial charge in [0.2, 0.25) is 0 Å². The number of carbonyl (C=O) groups is 2. The first kappa shape index (κ1) is 21.0. The molecule has 0 bridgehead atoms. The average Bonchev–Trinajstić information content (AvgIpc) is 2.65. The molecule has 1 aromatic rings. The molecule has 7 heteroatoms. The average molecular weight is 378 g/mol. The minimum Gasteiger partial charge on any atom is -0.493 e. The number of rotatable bonds is 8. The maximum absolute atomic E-state index is 12.8. The van der Waals surface area contributed by atoms with Crippen molar-refractivity contribution in [2.75, 3.05) is 33.3 Å². The summed E-state index contributed by atoms with van der Waals surface area (Å²) in [5, 5.41) is 9.03. The van der Waals surface area contributed by atoms with E-state index in [9.17, 15) is 9.59 Å². The van der Waals surface area contributed by atoms with Crippen LogP contribution in [0.25, 0.3) is 0 Å². The summed E-state index contributed by atoms with van der Waals surface area (Å²) in [4.78, 5) is 27.6. The molecule has 0 radical (unpaired) electrons. The summed E-state index contributed by atoms with van der Waals surface area (Å²) in [7, 11) is 1.56. The SMILES string of the molecule is CCN(CC(=O)O)C1CCN(C(=O)c2ccc(OC(C)C)c(OC)c2)CC1. The first-order valence-electron chi connectivity index (χ1n) is 9.45. The summed E-state index contributed by atoms with van der Waals surface area (Å²) in [6.45, 7) is 7.81. The molecule has 1 fully saturated rings. The summed E-state index contributed by atoms with van der Waals surface area (Å²) < 4.78 is 11.1. The third kappa shape index (κ3) is 5.60. The minimum absolute atomic E-state index is 0.0202. The highest BCUT2D eigenvalue weighted by Crippen LogP contribution is 2.30. The monoisotopic (exact) mass is 378 g/mol. The Morgan fingerprint density at radius 3 is 2.44 bits per heavy atom. The quantitative estimate of drug-likeness (QED) is 0.749. The lowest BCUT2D eigenvalue weighted by Gasteiger charge is -2.37. The molecule has 150 valence electrons. The Bertz CT molecular complexity index is 654. The van der Waals surface area contributed by atoms with Crippen molar-refractivity contribution in [3.63, 3.8) is 0 Å². The van der Waals surface area contributed by atoms with Gasteiger partial charge in [-0.25, -0.2) is 0 Å². The van der Waals surface area contributed by atoms with Gasteiger partial charge < -0.3 is 19.5 Å². The first-order chi connectivity index (χ1) is 12.8. The molecule has 1 amide bonds. The number of likely N-dealkylation sites (tertiary alicyclic amines) is 1. The van der Waals surface area contributed by atoms with Gasteiger partial charge in [0.05, 0.1) is 19.8 Å². The fourth-order valence-corrected chi connectivity index (χ4v) is 3.44. The highest BCUT2D eigenvalue weighted by molar-refractivity contribution is 5.95. The molecule has 1 aromatic carbocycles. The molecule has 1 saturated heterocycles. The summed E-state index contributed by atoms with van der Waals surface area (Å²) in [6.07, 6.45) is 1.57. The topological polar surface area (TPSA) is 79.3 Å². The van der Waals surface area contributed by atoms with Gasteiger partial charge in [-0.05, 0) is 51.4 Å². The fourth-order valence-electron chi connectivity index (χ4n) is 3.44. The number of nitrogens with zero attached hydrogens (tertiary/aromatic N) is 2. The predicted molar refractivity (Wildman–Crippen MR) is 103 cm³/mol. The Labute approximate surface area is 160 Å². The summed E-state index contributed by atoms with van der Waals surface area (Å²) in [6, 6.07) is 5.45. The molecule has 1 N–H and O–H groups in total. The molecule has 0 aromatic heterocycles. The summed E-state index contributed by atoms with van der Waals surface area (Å²) in [5.74, 6) is 0.313. The number of carbonyl (C=O) groups excluding carboxylic acids is 1. The number of aliphatic carboxylic acids is 1. The van der Waals surface area contributed by atoms with E-state index in [1.54, 1.807) is 25.3 Å². The molecule has 7 nitrogen and oxygen atoms in total. The number of hydrogen-bond acceptors (Lipinski definition) is 5. The maximum atomic E-state index is 12.8. The molecule has 1 aliphatic rings. The van der Waals surface area contributed by atoms with Crippen LogP contribution in [0, 0.1) is 0 Å². The van der Waals surface area contributed by atoms with E-state index in [-0.39, 0.29) is 24.6 Å². The van der Waals surface area contributed by atoms with Crippen LogP contribution >= 0.6 is 0 Å². The van der Waals surface area contributed by atoms with Gasteiger partial charge in [-0.15, -0.1) is 0 Å². The molecular formula is C20H30N2O5. The zero-order valence-electron chi connectivity index (χ0n) is 16.6. The van der Waals surface area contributed by atoms with Crippen molar-refractivity contribution in [1.29, 1.82) is 0 Å². The van der Waals surface area contributed by atoms with Crippen LogP contribution in [-0.4, -0.2) is 72.2 Å². The number of methoxy groups -OCH3 is 1. The lowest BCUT2D eigenvalue weighted by molar-refractivity contribution is -0.139. The van der Waals surface area contributed by atoms with Crippen molar-refractivity contribution in [1.82, 2.24) is 9.80 Å². The van der Waals surface area contributed by atoms with Crippen LogP contribution in [0.3, 0.4) is 0 Å². The van der Waals surface area contributed by atoms with Gasteiger partial charge in [-0.2, -0.15) is 0 Å². The minimum atomic E-state index is -0.814. The van der Waals surface area contributed by atoms with E-state index >= 15 is 0 Å². The van der Waals surface area contributed by atoms with Crippen LogP contribution in [-0.2, 0) is 4.79 Å². The molecule has 0 aliphatic carbocycles. The number of benzene rings is 1. The van der Waals surface area contributed by atoms with Crippen LogP contribution in [0.2, 0.25) is 0 Å². The Balaban J connectivity index is 2.02. The first-order valence-corrected chi connectivity index (χ1v) is 9.45. The van der Waals surface area contributed by atoms with Crippen molar-refractivity contribution in [3.8, 4) is 11.5 Å². The smallest absolute Gasteiger partial charge is 0.317 e. The van der Waals surface area contributed by atoms with E-state index in [0.717, 1.165) is 12.8 Å². The molecule has 1 heterocycles. The zero-order valence-corrected chi connectivity index (χ0v) is 16.6. The molecule has 0 unspecified atom stereocenters. The predicted octanol–water partition coefficient (Wildman–Crippen LogP) is 2.49. The molecule has 2 rings (SSSR count). The Morgan fingerprint density at radius 2 is 1.93 bits per heavy atom. The van der Waals surface area contributed by atoms with Crippen LogP contribution in [0.5, 0.6) is 11.5 Å². The number of carboxylic acids is 1. The number of ether oxygens (including phenoxy) is 2. The third-order valence-electron chi connectivity index (χ3n) is 4.79. The van der Waals surface area contributed by atoms with E-state index in [0.29, 0.717) is 36.7 Å². The molecule has 0 spiro atoms. The lowest BCUT2D eigenvalue weighted by Crippen LogP contribution is -2.48. The van der Waals surface area contributed by atoms with Crippen molar-refractivity contribution in [2.45, 2.75) is 45.8 Å².